The average molecular weight is 308 g/mol. The van der Waals surface area contributed by atoms with E-state index in [-0.39, 0.29) is 5.91 Å². The zero-order valence-corrected chi connectivity index (χ0v) is 13.4. The molecule has 1 heterocycles. The molecule has 3 heteroatoms. The van der Waals surface area contributed by atoms with Crippen LogP contribution < -0.4 is 5.73 Å². The summed E-state index contributed by atoms with van der Waals surface area (Å²) < 4.78 is 0. The highest BCUT2D eigenvalue weighted by Crippen LogP contribution is 2.24. The molecule has 1 amide bonds. The van der Waals surface area contributed by atoms with E-state index < -0.39 is 0 Å². The van der Waals surface area contributed by atoms with Crippen molar-refractivity contribution >= 4 is 5.91 Å². The first kappa shape index (κ1) is 15.8. The van der Waals surface area contributed by atoms with Crippen LogP contribution in [0.15, 0.2) is 54.6 Å². The first-order chi connectivity index (χ1) is 11.3. The first-order valence-electron chi connectivity index (χ1n) is 8.42. The normalized spacial score (nSPS) is 17.4. The van der Waals surface area contributed by atoms with E-state index >= 15 is 0 Å². The molecule has 3 rings (SSSR count). The van der Waals surface area contributed by atoms with Crippen LogP contribution in [0.25, 0.3) is 0 Å². The number of carbonyl (C=O) groups excluding carboxylic acids is 1. The summed E-state index contributed by atoms with van der Waals surface area (Å²) in [6, 6.07) is 18.6. The second-order valence-electron chi connectivity index (χ2n) is 6.22. The molecule has 1 aliphatic heterocycles. The second kappa shape index (κ2) is 7.42. The lowest BCUT2D eigenvalue weighted by atomic mass is 10.0. The lowest BCUT2D eigenvalue weighted by Gasteiger charge is -2.25. The molecule has 1 aliphatic rings. The number of rotatable bonds is 5. The molecule has 23 heavy (non-hydrogen) atoms. The molecule has 1 saturated heterocycles. The summed E-state index contributed by atoms with van der Waals surface area (Å²) in [6.07, 6.45) is 4.28. The summed E-state index contributed by atoms with van der Waals surface area (Å²) in [5, 5.41) is 0. The van der Waals surface area contributed by atoms with Gasteiger partial charge >= 0.3 is 0 Å². The monoisotopic (exact) mass is 308 g/mol. The van der Waals surface area contributed by atoms with Gasteiger partial charge in [0.25, 0.3) is 5.91 Å². The van der Waals surface area contributed by atoms with Crippen LogP contribution in [0, 0.1) is 0 Å². The van der Waals surface area contributed by atoms with Crippen molar-refractivity contribution in [3.63, 3.8) is 0 Å². The second-order valence-corrected chi connectivity index (χ2v) is 6.22. The van der Waals surface area contributed by atoms with Crippen LogP contribution in [0.1, 0.15) is 40.7 Å². The number of hydrogen-bond donors (Lipinski definition) is 1. The van der Waals surface area contributed by atoms with E-state index in [2.05, 4.69) is 29.2 Å². The van der Waals surface area contributed by atoms with Gasteiger partial charge in [0, 0.05) is 24.7 Å². The minimum Gasteiger partial charge on any atom is -0.336 e. The number of carbonyl (C=O) groups is 1. The summed E-state index contributed by atoms with van der Waals surface area (Å²) in [6.45, 7) is 1.38. The quantitative estimate of drug-likeness (QED) is 0.920. The molecule has 2 N–H and O–H groups in total. The Labute approximate surface area is 138 Å². The Kier molecular flexibility index (Phi) is 5.09. The van der Waals surface area contributed by atoms with Gasteiger partial charge in [-0.25, -0.2) is 0 Å². The largest absolute Gasteiger partial charge is 0.336 e. The van der Waals surface area contributed by atoms with Crippen molar-refractivity contribution in [2.24, 2.45) is 5.73 Å². The fourth-order valence-electron chi connectivity index (χ4n) is 3.33. The van der Waals surface area contributed by atoms with Crippen molar-refractivity contribution in [2.75, 3.05) is 6.54 Å². The fraction of sp³-hybridized carbons (Fsp3) is 0.350. The van der Waals surface area contributed by atoms with Crippen LogP contribution >= 0.6 is 0 Å². The van der Waals surface area contributed by atoms with Crippen molar-refractivity contribution in [2.45, 2.75) is 38.3 Å². The predicted molar refractivity (Wildman–Crippen MR) is 93.2 cm³/mol. The average Bonchev–Trinajstić information content (AvgIpc) is 3.09. The molecule has 120 valence electrons. The predicted octanol–water partition coefficient (Wildman–Crippen LogP) is 3.38. The van der Waals surface area contributed by atoms with Gasteiger partial charge in [0.05, 0.1) is 0 Å². The molecule has 0 saturated carbocycles. The van der Waals surface area contributed by atoms with Gasteiger partial charge in [0.2, 0.25) is 0 Å². The molecule has 0 aromatic heterocycles. The number of nitrogens with two attached hydrogens (primary N) is 1. The maximum absolute atomic E-state index is 12.8. The molecule has 0 aliphatic carbocycles. The van der Waals surface area contributed by atoms with Crippen LogP contribution in [0.4, 0.5) is 0 Å². The number of hydrogen-bond acceptors (Lipinski definition) is 2. The Morgan fingerprint density at radius 3 is 2.48 bits per heavy atom. The highest BCUT2D eigenvalue weighted by Gasteiger charge is 2.28. The molecule has 2 aromatic carbocycles. The van der Waals surface area contributed by atoms with Gasteiger partial charge in [-0.1, -0.05) is 42.5 Å². The van der Waals surface area contributed by atoms with Crippen LogP contribution in [0.3, 0.4) is 0 Å². The zero-order valence-electron chi connectivity index (χ0n) is 13.4. The van der Waals surface area contributed by atoms with E-state index in [1.165, 1.54) is 5.56 Å². The fourth-order valence-corrected chi connectivity index (χ4v) is 3.33. The first-order valence-corrected chi connectivity index (χ1v) is 8.42. The van der Waals surface area contributed by atoms with E-state index in [1.807, 2.05) is 30.3 Å². The van der Waals surface area contributed by atoms with E-state index in [9.17, 15) is 4.79 Å². The van der Waals surface area contributed by atoms with Gasteiger partial charge in [0.1, 0.15) is 0 Å². The van der Waals surface area contributed by atoms with Gasteiger partial charge < -0.3 is 10.6 Å². The Balaban J connectivity index is 1.64. The summed E-state index contributed by atoms with van der Waals surface area (Å²) >= 11 is 0. The molecule has 0 bridgehead atoms. The third-order valence-corrected chi connectivity index (χ3v) is 4.68. The van der Waals surface area contributed by atoms with Gasteiger partial charge in [-0.15, -0.1) is 0 Å². The van der Waals surface area contributed by atoms with E-state index in [0.29, 0.717) is 12.6 Å². The summed E-state index contributed by atoms with van der Waals surface area (Å²) in [4.78, 5) is 14.8. The summed E-state index contributed by atoms with van der Waals surface area (Å²) in [7, 11) is 0. The Hall–Kier alpha value is -2.13. The lowest BCUT2D eigenvalue weighted by Crippen LogP contribution is -2.35. The van der Waals surface area contributed by atoms with Crippen molar-refractivity contribution in [3.05, 3.63) is 71.3 Å². The molecule has 0 spiro atoms. The number of amides is 1. The molecule has 1 unspecified atom stereocenters. The highest BCUT2D eigenvalue weighted by atomic mass is 16.2. The van der Waals surface area contributed by atoms with E-state index in [1.54, 1.807) is 0 Å². The van der Waals surface area contributed by atoms with Gasteiger partial charge in [-0.05, 0) is 48.9 Å². The van der Waals surface area contributed by atoms with Crippen molar-refractivity contribution in [1.29, 1.82) is 0 Å². The number of benzene rings is 2. The Morgan fingerprint density at radius 1 is 1.04 bits per heavy atom. The van der Waals surface area contributed by atoms with Crippen LogP contribution in [-0.4, -0.2) is 23.4 Å². The van der Waals surface area contributed by atoms with E-state index in [4.69, 9.17) is 5.73 Å². The van der Waals surface area contributed by atoms with Crippen molar-refractivity contribution < 1.29 is 4.79 Å². The van der Waals surface area contributed by atoms with Gasteiger partial charge in [0.15, 0.2) is 0 Å². The minimum absolute atomic E-state index is 0.157. The molecule has 1 atom stereocenters. The lowest BCUT2D eigenvalue weighted by molar-refractivity contribution is 0.0730. The standard InChI is InChI=1S/C20H24N2O/c21-15-17-8-11-18(12-9-17)20(23)22-14-4-7-19(22)13-10-16-5-2-1-3-6-16/h1-3,5-6,8-9,11-12,19H,4,7,10,13-15,21H2. The molecule has 0 radical (unpaired) electrons. The maximum atomic E-state index is 12.8. The number of likely N-dealkylation sites (tertiary alicyclic amines) is 1. The van der Waals surface area contributed by atoms with E-state index in [0.717, 1.165) is 43.4 Å². The molecular weight excluding hydrogens is 284 g/mol. The Morgan fingerprint density at radius 2 is 1.78 bits per heavy atom. The highest BCUT2D eigenvalue weighted by molar-refractivity contribution is 5.94. The SMILES string of the molecule is NCc1ccc(C(=O)N2CCCC2CCc2ccccc2)cc1. The summed E-state index contributed by atoms with van der Waals surface area (Å²) in [5.74, 6) is 0.157. The van der Waals surface area contributed by atoms with Gasteiger partial charge in [-0.3, -0.25) is 4.79 Å². The smallest absolute Gasteiger partial charge is 0.254 e. The molecule has 3 nitrogen and oxygen atoms in total. The zero-order chi connectivity index (χ0) is 16.1. The third-order valence-electron chi connectivity index (χ3n) is 4.68. The van der Waals surface area contributed by atoms with Crippen molar-refractivity contribution in [3.8, 4) is 0 Å². The topological polar surface area (TPSA) is 46.3 Å². The molecule has 2 aromatic rings. The van der Waals surface area contributed by atoms with Gasteiger partial charge in [-0.2, -0.15) is 0 Å². The maximum Gasteiger partial charge on any atom is 0.254 e. The molecule has 1 fully saturated rings. The van der Waals surface area contributed by atoms with Crippen LogP contribution in [0.5, 0.6) is 0 Å². The van der Waals surface area contributed by atoms with Crippen LogP contribution in [-0.2, 0) is 13.0 Å². The summed E-state index contributed by atoms with van der Waals surface area (Å²) in [5.41, 5.74) is 8.80. The third kappa shape index (κ3) is 3.80. The number of aryl methyl sites for hydroxylation is 1. The molecular formula is C20H24N2O. The van der Waals surface area contributed by atoms with Crippen LogP contribution in [0.2, 0.25) is 0 Å². The minimum atomic E-state index is 0.157. The number of nitrogens with zero attached hydrogens (tertiary/aromatic N) is 1. The Bertz CT molecular complexity index is 636. The van der Waals surface area contributed by atoms with Crippen molar-refractivity contribution in [1.82, 2.24) is 4.90 Å².